The van der Waals surface area contributed by atoms with E-state index in [9.17, 15) is 17.2 Å². The van der Waals surface area contributed by atoms with Crippen LogP contribution in [-0.4, -0.2) is 36.5 Å². The van der Waals surface area contributed by atoms with Gasteiger partial charge in [-0.3, -0.25) is 4.98 Å². The van der Waals surface area contributed by atoms with Crippen molar-refractivity contribution in [1.82, 2.24) is 9.29 Å². The molecule has 3 rings (SSSR count). The number of aliphatic imine (C=N–C) groups is 1. The molecule has 6 nitrogen and oxygen atoms in total. The molecule has 1 atom stereocenters. The van der Waals surface area contributed by atoms with E-state index >= 15 is 0 Å². The van der Waals surface area contributed by atoms with Crippen molar-refractivity contribution >= 4 is 27.9 Å². The fourth-order valence-electron chi connectivity index (χ4n) is 2.96. The van der Waals surface area contributed by atoms with E-state index in [1.165, 1.54) is 32.2 Å². The zero-order valence-corrected chi connectivity index (χ0v) is 16.5. The summed E-state index contributed by atoms with van der Waals surface area (Å²) in [7, 11) is -2.47. The lowest BCUT2D eigenvalue weighted by Crippen LogP contribution is -2.50. The van der Waals surface area contributed by atoms with Gasteiger partial charge in [-0.15, -0.1) is 0 Å². The summed E-state index contributed by atoms with van der Waals surface area (Å²) in [5, 5.41) is 0. The van der Waals surface area contributed by atoms with Gasteiger partial charge < -0.3 is 5.73 Å². The zero-order valence-electron chi connectivity index (χ0n) is 15.6. The number of guanidine groups is 1. The molecule has 148 valence electrons. The minimum atomic E-state index is -3.75. The summed E-state index contributed by atoms with van der Waals surface area (Å²) in [6.07, 6.45) is 2.75. The third kappa shape index (κ3) is 3.75. The molecule has 0 saturated carbocycles. The van der Waals surface area contributed by atoms with Gasteiger partial charge in [0.15, 0.2) is 0 Å². The molecule has 1 aromatic carbocycles. The van der Waals surface area contributed by atoms with Crippen molar-refractivity contribution in [3.05, 3.63) is 64.7 Å². The van der Waals surface area contributed by atoms with Gasteiger partial charge in [-0.1, -0.05) is 12.1 Å². The van der Waals surface area contributed by atoms with Crippen LogP contribution in [0.1, 0.15) is 29.3 Å². The van der Waals surface area contributed by atoms with Gasteiger partial charge in [0.25, 0.3) is 0 Å². The smallest absolute Gasteiger partial charge is 0.239 e. The summed E-state index contributed by atoms with van der Waals surface area (Å²) in [5.41, 5.74) is 5.70. The molecule has 1 aliphatic heterocycles. The maximum Gasteiger partial charge on any atom is 0.239 e. The van der Waals surface area contributed by atoms with Crippen LogP contribution in [0.25, 0.3) is 11.9 Å². The van der Waals surface area contributed by atoms with Crippen LogP contribution in [0.5, 0.6) is 0 Å². The van der Waals surface area contributed by atoms with E-state index < -0.39 is 33.0 Å². The quantitative estimate of drug-likeness (QED) is 0.849. The number of hydrogen-bond acceptors (Lipinski definition) is 5. The summed E-state index contributed by atoms with van der Waals surface area (Å²) in [4.78, 5) is 8.20. The standard InChI is InChI=1S/C19H20F2N4O2S/c1-12-4-7-17(23-10-12)16(21)9-13-5-6-15(20)14(8-13)19(2)11-28(26,27)25(3)18(22)24-19/h4-10H,11H2,1-3H3,(H2,22,24)/b16-9-/t19-/m0/s1. The lowest BCUT2D eigenvalue weighted by Gasteiger charge is -2.34. The molecule has 0 unspecified atom stereocenters. The summed E-state index contributed by atoms with van der Waals surface area (Å²) in [6.45, 7) is 3.32. The van der Waals surface area contributed by atoms with Gasteiger partial charge in [-0.2, -0.15) is 0 Å². The molecular formula is C19H20F2N4O2S. The van der Waals surface area contributed by atoms with E-state index in [1.807, 2.05) is 6.92 Å². The Bertz CT molecular complexity index is 1080. The number of nitrogens with zero attached hydrogens (tertiary/aromatic N) is 3. The molecule has 1 aromatic heterocycles. The highest BCUT2D eigenvalue weighted by molar-refractivity contribution is 7.89. The van der Waals surface area contributed by atoms with Crippen LogP contribution in [0.15, 0.2) is 41.5 Å². The Morgan fingerprint density at radius 1 is 1.32 bits per heavy atom. The van der Waals surface area contributed by atoms with Crippen molar-refractivity contribution in [3.63, 3.8) is 0 Å². The normalized spacial score (nSPS) is 22.1. The van der Waals surface area contributed by atoms with E-state index in [0.717, 1.165) is 15.9 Å². The Hall–Kier alpha value is -2.81. The largest absolute Gasteiger partial charge is 0.369 e. The fraction of sp³-hybridized carbons (Fsp3) is 0.263. The van der Waals surface area contributed by atoms with Crippen molar-refractivity contribution in [2.24, 2.45) is 10.7 Å². The molecule has 0 amide bonds. The number of aryl methyl sites for hydroxylation is 1. The maximum atomic E-state index is 14.5. The Morgan fingerprint density at radius 3 is 2.64 bits per heavy atom. The van der Waals surface area contributed by atoms with Gasteiger partial charge in [-0.25, -0.2) is 26.5 Å². The van der Waals surface area contributed by atoms with Crippen molar-refractivity contribution in [1.29, 1.82) is 0 Å². The van der Waals surface area contributed by atoms with E-state index in [4.69, 9.17) is 5.73 Å². The number of aromatic nitrogens is 1. The molecule has 0 aliphatic carbocycles. The molecule has 9 heteroatoms. The second-order valence-electron chi connectivity index (χ2n) is 6.92. The molecule has 0 radical (unpaired) electrons. The molecule has 1 aliphatic rings. The third-order valence-electron chi connectivity index (χ3n) is 4.58. The molecule has 0 saturated heterocycles. The highest BCUT2D eigenvalue weighted by Crippen LogP contribution is 2.34. The van der Waals surface area contributed by atoms with E-state index in [1.54, 1.807) is 18.3 Å². The second kappa shape index (κ2) is 6.97. The number of nitrogens with two attached hydrogens (primary N) is 1. The lowest BCUT2D eigenvalue weighted by atomic mass is 9.92. The summed E-state index contributed by atoms with van der Waals surface area (Å²) in [5.74, 6) is -1.93. The minimum Gasteiger partial charge on any atom is -0.369 e. The van der Waals surface area contributed by atoms with Gasteiger partial charge >= 0.3 is 0 Å². The summed E-state index contributed by atoms with van der Waals surface area (Å²) in [6, 6.07) is 7.20. The molecule has 0 bridgehead atoms. The predicted molar refractivity (Wildman–Crippen MR) is 105 cm³/mol. The van der Waals surface area contributed by atoms with Crippen LogP contribution in [0.2, 0.25) is 0 Å². The monoisotopic (exact) mass is 406 g/mol. The summed E-state index contributed by atoms with van der Waals surface area (Å²) >= 11 is 0. The maximum absolute atomic E-state index is 14.5. The van der Waals surface area contributed by atoms with Crippen LogP contribution in [0, 0.1) is 12.7 Å². The van der Waals surface area contributed by atoms with Crippen LogP contribution < -0.4 is 5.73 Å². The number of sulfonamides is 1. The van der Waals surface area contributed by atoms with Crippen molar-refractivity contribution < 1.29 is 17.2 Å². The molecule has 0 fully saturated rings. The second-order valence-corrected chi connectivity index (χ2v) is 8.92. The molecular weight excluding hydrogens is 386 g/mol. The first kappa shape index (κ1) is 19.9. The molecule has 2 aromatic rings. The fourth-order valence-corrected chi connectivity index (χ4v) is 4.41. The number of benzene rings is 1. The number of rotatable bonds is 3. The molecule has 2 heterocycles. The van der Waals surface area contributed by atoms with E-state index in [2.05, 4.69) is 9.98 Å². The van der Waals surface area contributed by atoms with Gasteiger partial charge in [0.1, 0.15) is 17.2 Å². The van der Waals surface area contributed by atoms with E-state index in [-0.39, 0.29) is 17.2 Å². The first-order chi connectivity index (χ1) is 13.0. The number of pyridine rings is 1. The highest BCUT2D eigenvalue weighted by atomic mass is 32.2. The predicted octanol–water partition coefficient (Wildman–Crippen LogP) is 2.80. The SMILES string of the molecule is Cc1ccc(/C(F)=C/c2ccc(F)c([C@]3(C)CS(=O)(=O)N(C)C(N)=N3)c2)nc1. The number of halogens is 2. The lowest BCUT2D eigenvalue weighted by molar-refractivity contribution is 0.458. The highest BCUT2D eigenvalue weighted by Gasteiger charge is 2.41. The van der Waals surface area contributed by atoms with Gasteiger partial charge in [0.05, 0.1) is 11.4 Å². The van der Waals surface area contributed by atoms with Crippen molar-refractivity contribution in [2.75, 3.05) is 12.8 Å². The van der Waals surface area contributed by atoms with Crippen LogP contribution in [-0.2, 0) is 15.6 Å². The van der Waals surface area contributed by atoms with Crippen LogP contribution >= 0.6 is 0 Å². The first-order valence-electron chi connectivity index (χ1n) is 8.44. The average molecular weight is 406 g/mol. The Balaban J connectivity index is 2.05. The molecule has 0 spiro atoms. The summed E-state index contributed by atoms with van der Waals surface area (Å²) < 4.78 is 54.6. The Morgan fingerprint density at radius 2 is 2.04 bits per heavy atom. The first-order valence-corrected chi connectivity index (χ1v) is 10.0. The zero-order chi connectivity index (χ0) is 20.7. The molecule has 28 heavy (non-hydrogen) atoms. The van der Waals surface area contributed by atoms with Crippen LogP contribution in [0.3, 0.4) is 0 Å². The minimum absolute atomic E-state index is 0.0190. The van der Waals surface area contributed by atoms with Gasteiger partial charge in [0.2, 0.25) is 16.0 Å². The topological polar surface area (TPSA) is 88.7 Å². The van der Waals surface area contributed by atoms with E-state index in [0.29, 0.717) is 5.56 Å². The van der Waals surface area contributed by atoms with Gasteiger partial charge in [0, 0.05) is 18.8 Å². The van der Waals surface area contributed by atoms with Crippen LogP contribution in [0.4, 0.5) is 8.78 Å². The Kier molecular flexibility index (Phi) is 4.97. The third-order valence-corrected chi connectivity index (χ3v) is 6.53. The average Bonchev–Trinajstić information content (AvgIpc) is 2.61. The molecule has 2 N–H and O–H groups in total. The van der Waals surface area contributed by atoms with Gasteiger partial charge in [-0.05, 0) is 49.2 Å². The van der Waals surface area contributed by atoms with Crippen molar-refractivity contribution in [2.45, 2.75) is 19.4 Å². The van der Waals surface area contributed by atoms with Crippen molar-refractivity contribution in [3.8, 4) is 0 Å². The number of hydrogen-bond donors (Lipinski definition) is 1. The Labute approximate surface area is 162 Å².